The van der Waals surface area contributed by atoms with Crippen LogP contribution >= 0.6 is 0 Å². The van der Waals surface area contributed by atoms with Crippen molar-refractivity contribution < 1.29 is 61.9 Å². The van der Waals surface area contributed by atoms with Gasteiger partial charge in [-0.1, -0.05) is 106 Å². The lowest BCUT2D eigenvalue weighted by molar-refractivity contribution is -0.144. The highest BCUT2D eigenvalue weighted by molar-refractivity contribution is 5.91. The summed E-state index contributed by atoms with van der Waals surface area (Å²) < 4.78 is 47.4. The lowest BCUT2D eigenvalue weighted by Gasteiger charge is -2.20. The number of ether oxygens (including phenoxy) is 6. The Kier molecular flexibility index (Phi) is 19.9. The highest BCUT2D eigenvalue weighted by Crippen LogP contribution is 2.29. The molecule has 0 radical (unpaired) electrons. The van der Waals surface area contributed by atoms with Gasteiger partial charge in [-0.25, -0.2) is 28.4 Å². The molecule has 1 N–H and O–H groups in total. The molecular weight excluding hydrogens is 872 g/mol. The van der Waals surface area contributed by atoms with Crippen molar-refractivity contribution in [2.75, 3.05) is 26.4 Å². The average molecular weight is 929 g/mol. The van der Waals surface area contributed by atoms with Gasteiger partial charge in [-0.05, 0) is 111 Å². The van der Waals surface area contributed by atoms with Crippen molar-refractivity contribution >= 4 is 29.8 Å². The second-order valence-corrected chi connectivity index (χ2v) is 16.4. The molecule has 3 atom stereocenters. The summed E-state index contributed by atoms with van der Waals surface area (Å²) in [6, 6.07) is 25.9. The number of esters is 5. The minimum atomic E-state index is -1.23. The molecule has 4 aromatic carbocycles. The standard InChI is InChI=1S/C55H57FO12/c1-33(2)50(57)63-29-40(27-39-13-15-43(16-14-39)45-23-26-49(48(56)28-45)68-53(60)36(7)8)30-64-54(61)37(9)11-12-38(10)55(62)66-32-46(31-65-51(58)34(3)4)44-19-17-41(18-20-44)42-21-24-47(25-22-42)67-52(59)35(5)6/h11,13-26,28,40,46,50,57H,1,3,5,7,10,12,27,29-32H2,2,4,6,8-9H3/b37-11+. The molecule has 4 rings (SSSR count). The van der Waals surface area contributed by atoms with E-state index in [4.69, 9.17) is 28.4 Å². The third-order valence-electron chi connectivity index (χ3n) is 10.2. The molecule has 0 aromatic heterocycles. The molecule has 12 nitrogen and oxygen atoms in total. The zero-order valence-corrected chi connectivity index (χ0v) is 39.1. The molecule has 0 aliphatic rings. The summed E-state index contributed by atoms with van der Waals surface area (Å²) >= 11 is 0. The van der Waals surface area contributed by atoms with Gasteiger partial charge in [0.25, 0.3) is 0 Å². The number of hydrogen-bond donors (Lipinski definition) is 1. The van der Waals surface area contributed by atoms with Crippen molar-refractivity contribution in [2.24, 2.45) is 5.92 Å². The van der Waals surface area contributed by atoms with E-state index >= 15 is 0 Å². The van der Waals surface area contributed by atoms with Gasteiger partial charge in [0.05, 0.1) is 19.1 Å². The van der Waals surface area contributed by atoms with E-state index in [1.165, 1.54) is 39.0 Å². The summed E-state index contributed by atoms with van der Waals surface area (Å²) in [7, 11) is 0. The zero-order chi connectivity index (χ0) is 50.1. The van der Waals surface area contributed by atoms with E-state index in [0.717, 1.165) is 22.3 Å². The number of carbonyl (C=O) groups excluding carboxylic acids is 5. The molecule has 13 heteroatoms. The minimum absolute atomic E-state index is 0.0196. The molecule has 0 saturated heterocycles. The fourth-order valence-electron chi connectivity index (χ4n) is 6.08. The second-order valence-electron chi connectivity index (χ2n) is 16.4. The number of hydrogen-bond acceptors (Lipinski definition) is 12. The lowest BCUT2D eigenvalue weighted by atomic mass is 9.97. The van der Waals surface area contributed by atoms with Gasteiger partial charge in [0.15, 0.2) is 17.9 Å². The van der Waals surface area contributed by atoms with Crippen LogP contribution in [0.4, 0.5) is 4.39 Å². The average Bonchev–Trinajstić information content (AvgIpc) is 3.31. The van der Waals surface area contributed by atoms with Gasteiger partial charge in [0.1, 0.15) is 19.0 Å². The summed E-state index contributed by atoms with van der Waals surface area (Å²) in [5, 5.41) is 10.3. The fraction of sp³-hybridized carbons (Fsp3) is 0.255. The number of halogens is 1. The van der Waals surface area contributed by atoms with E-state index in [2.05, 4.69) is 32.9 Å². The van der Waals surface area contributed by atoms with Crippen LogP contribution < -0.4 is 9.47 Å². The largest absolute Gasteiger partial charge is 0.462 e. The summed E-state index contributed by atoms with van der Waals surface area (Å²) in [6.45, 7) is 25.7. The Bertz CT molecular complexity index is 2570. The van der Waals surface area contributed by atoms with E-state index < -0.39 is 53.8 Å². The molecule has 4 aromatic rings. The first kappa shape index (κ1) is 53.1. The molecular formula is C55H57FO12. The van der Waals surface area contributed by atoms with Gasteiger partial charge in [0.2, 0.25) is 0 Å². The highest BCUT2D eigenvalue weighted by atomic mass is 19.1. The Hall–Kier alpha value is -7.48. The van der Waals surface area contributed by atoms with Crippen LogP contribution in [-0.4, -0.2) is 67.7 Å². The van der Waals surface area contributed by atoms with Gasteiger partial charge in [-0.2, -0.15) is 0 Å². The maximum absolute atomic E-state index is 14.8. The van der Waals surface area contributed by atoms with Gasteiger partial charge in [-0.3, -0.25) is 0 Å². The first-order chi connectivity index (χ1) is 32.2. The van der Waals surface area contributed by atoms with Crippen molar-refractivity contribution in [3.63, 3.8) is 0 Å². The number of carbonyl (C=O) groups is 5. The molecule has 0 spiro atoms. The van der Waals surface area contributed by atoms with Crippen LogP contribution in [-0.2, 0) is 49.3 Å². The predicted octanol–water partition coefficient (Wildman–Crippen LogP) is 10.1. The second kappa shape index (κ2) is 25.4. The van der Waals surface area contributed by atoms with E-state index in [1.807, 2.05) is 48.5 Å². The van der Waals surface area contributed by atoms with Crippen LogP contribution in [0.3, 0.4) is 0 Å². The van der Waals surface area contributed by atoms with Crippen molar-refractivity contribution in [3.05, 3.63) is 180 Å². The summed E-state index contributed by atoms with van der Waals surface area (Å²) in [4.78, 5) is 62.3. The molecule has 0 saturated carbocycles. The Morgan fingerprint density at radius 2 is 1.09 bits per heavy atom. The number of aliphatic hydroxyl groups is 1. The number of allylic oxidation sites excluding steroid dienone is 1. The van der Waals surface area contributed by atoms with E-state index in [0.29, 0.717) is 28.9 Å². The molecule has 0 bridgehead atoms. The molecule has 0 aliphatic carbocycles. The van der Waals surface area contributed by atoms with E-state index in [9.17, 15) is 33.5 Å². The third-order valence-corrected chi connectivity index (χ3v) is 10.2. The zero-order valence-electron chi connectivity index (χ0n) is 39.1. The number of aliphatic hydroxyl groups excluding tert-OH is 1. The Labute approximate surface area is 396 Å². The highest BCUT2D eigenvalue weighted by Gasteiger charge is 2.21. The quantitative estimate of drug-likeness (QED) is 0.0177. The Morgan fingerprint density at radius 3 is 1.65 bits per heavy atom. The van der Waals surface area contributed by atoms with Gasteiger partial charge in [0, 0.05) is 33.8 Å². The lowest BCUT2D eigenvalue weighted by Crippen LogP contribution is -2.25. The maximum Gasteiger partial charge on any atom is 0.338 e. The van der Waals surface area contributed by atoms with Crippen molar-refractivity contribution in [3.8, 4) is 33.8 Å². The molecule has 0 heterocycles. The topological polar surface area (TPSA) is 161 Å². The fourth-order valence-corrected chi connectivity index (χ4v) is 6.08. The van der Waals surface area contributed by atoms with Crippen LogP contribution in [0.2, 0.25) is 0 Å². The van der Waals surface area contributed by atoms with Gasteiger partial charge < -0.3 is 33.5 Å². The minimum Gasteiger partial charge on any atom is -0.462 e. The summed E-state index contributed by atoms with van der Waals surface area (Å²) in [5.41, 5.74) is 5.86. The van der Waals surface area contributed by atoms with Gasteiger partial charge in [-0.15, -0.1) is 0 Å². The molecule has 0 amide bonds. The Morgan fingerprint density at radius 1 is 0.588 bits per heavy atom. The molecule has 356 valence electrons. The molecule has 3 unspecified atom stereocenters. The molecule has 68 heavy (non-hydrogen) atoms. The normalized spacial score (nSPS) is 12.4. The van der Waals surface area contributed by atoms with Crippen molar-refractivity contribution in [1.29, 1.82) is 0 Å². The van der Waals surface area contributed by atoms with E-state index in [-0.39, 0.29) is 66.5 Å². The number of benzene rings is 4. The Balaban J connectivity index is 1.35. The van der Waals surface area contributed by atoms with Crippen LogP contribution in [0.5, 0.6) is 11.5 Å². The molecule has 0 aliphatic heterocycles. The monoisotopic (exact) mass is 928 g/mol. The smallest absolute Gasteiger partial charge is 0.338 e. The molecule has 0 fully saturated rings. The summed E-state index contributed by atoms with van der Waals surface area (Å²) in [5.74, 6) is -4.68. The SMILES string of the molecule is C=C(C)C(=O)OCC(COC(=O)C(=C)C/C=C(\C)C(=O)OCC(COC(O)C(=C)C)Cc1ccc(-c2ccc(OC(=O)C(=C)C)c(F)c2)cc1)c1ccc(-c2ccc(OC(=O)C(=C)C)cc2)cc1. The first-order valence-electron chi connectivity index (χ1n) is 21.5. The van der Waals surface area contributed by atoms with E-state index in [1.54, 1.807) is 44.2 Å². The van der Waals surface area contributed by atoms with Crippen LogP contribution in [0.25, 0.3) is 22.3 Å². The predicted molar refractivity (Wildman–Crippen MR) is 257 cm³/mol. The van der Waals surface area contributed by atoms with Crippen LogP contribution in [0.1, 0.15) is 58.1 Å². The summed E-state index contributed by atoms with van der Waals surface area (Å²) in [6.07, 6.45) is 0.636. The first-order valence-corrected chi connectivity index (χ1v) is 21.5. The van der Waals surface area contributed by atoms with Crippen molar-refractivity contribution in [2.45, 2.75) is 59.7 Å². The van der Waals surface area contributed by atoms with Crippen molar-refractivity contribution in [1.82, 2.24) is 0 Å². The number of rotatable bonds is 24. The third kappa shape index (κ3) is 16.4. The maximum atomic E-state index is 14.8. The van der Waals surface area contributed by atoms with Crippen LogP contribution in [0, 0.1) is 11.7 Å². The van der Waals surface area contributed by atoms with Gasteiger partial charge >= 0.3 is 29.8 Å². The van der Waals surface area contributed by atoms with Crippen LogP contribution in [0.15, 0.2) is 163 Å².